The third-order valence-corrected chi connectivity index (χ3v) is 1.52. The summed E-state index contributed by atoms with van der Waals surface area (Å²) >= 11 is 0. The van der Waals surface area contributed by atoms with Gasteiger partial charge in [0.2, 0.25) is 6.08 Å². The van der Waals surface area contributed by atoms with Crippen molar-refractivity contribution in [2.24, 2.45) is 4.99 Å². The lowest BCUT2D eigenvalue weighted by atomic mass is 10.2. The summed E-state index contributed by atoms with van der Waals surface area (Å²) in [6.07, 6.45) is 4.49. The van der Waals surface area contributed by atoms with Crippen LogP contribution in [-0.4, -0.2) is 13.2 Å². The first-order valence-electron chi connectivity index (χ1n) is 3.75. The minimum atomic E-state index is 0.750. The Balaban J connectivity index is 2.92. The van der Waals surface area contributed by atoms with Gasteiger partial charge in [0.1, 0.15) is 5.75 Å². The van der Waals surface area contributed by atoms with Gasteiger partial charge in [0.25, 0.3) is 0 Å². The molecule has 0 N–H and O–H groups in total. The fourth-order valence-corrected chi connectivity index (χ4v) is 0.952. The Bertz CT molecular complexity index is 352. The molecule has 0 aliphatic rings. The van der Waals surface area contributed by atoms with Gasteiger partial charge in [0.15, 0.2) is 0 Å². The second kappa shape index (κ2) is 4.91. The van der Waals surface area contributed by atoms with E-state index in [1.165, 1.54) is 12.3 Å². The van der Waals surface area contributed by atoms with E-state index in [-0.39, 0.29) is 0 Å². The Hall–Kier alpha value is -1.86. The molecule has 0 bridgehead atoms. The minimum absolute atomic E-state index is 0.750. The van der Waals surface area contributed by atoms with Crippen molar-refractivity contribution in [1.82, 2.24) is 0 Å². The lowest BCUT2D eigenvalue weighted by Crippen LogP contribution is -1.84. The number of isocyanates is 1. The van der Waals surface area contributed by atoms with Crippen LogP contribution >= 0.6 is 0 Å². The van der Waals surface area contributed by atoms with Crippen molar-refractivity contribution < 1.29 is 9.53 Å². The van der Waals surface area contributed by atoms with Gasteiger partial charge in [-0.2, -0.15) is 4.99 Å². The number of methoxy groups -OCH3 is 1. The van der Waals surface area contributed by atoms with E-state index in [1.54, 1.807) is 13.2 Å². The summed E-state index contributed by atoms with van der Waals surface area (Å²) in [5.41, 5.74) is 0.879. The van der Waals surface area contributed by atoms with Gasteiger partial charge >= 0.3 is 0 Å². The predicted octanol–water partition coefficient (Wildman–Crippen LogP) is 2.00. The quantitative estimate of drug-likeness (QED) is 0.520. The van der Waals surface area contributed by atoms with Gasteiger partial charge < -0.3 is 4.74 Å². The first-order valence-corrected chi connectivity index (χ1v) is 3.75. The molecule has 0 spiro atoms. The molecule has 0 aliphatic heterocycles. The number of aliphatic imine (C=N–C) groups is 1. The molecule has 1 aromatic rings. The van der Waals surface area contributed by atoms with E-state index >= 15 is 0 Å². The molecule has 0 aromatic heterocycles. The zero-order valence-corrected chi connectivity index (χ0v) is 7.23. The van der Waals surface area contributed by atoms with Crippen LogP contribution < -0.4 is 4.74 Å². The van der Waals surface area contributed by atoms with Crippen molar-refractivity contribution in [3.63, 3.8) is 0 Å². The number of carbonyl (C=O) groups excluding carboxylic acids is 1. The summed E-state index contributed by atoms with van der Waals surface area (Å²) < 4.78 is 5.08. The second-order valence-corrected chi connectivity index (χ2v) is 2.28. The Morgan fingerprint density at radius 3 is 2.92 bits per heavy atom. The third kappa shape index (κ3) is 2.58. The van der Waals surface area contributed by atoms with Gasteiger partial charge in [0.05, 0.1) is 7.11 Å². The van der Waals surface area contributed by atoms with E-state index in [1.807, 2.05) is 24.3 Å². The molecule has 0 amide bonds. The predicted molar refractivity (Wildman–Crippen MR) is 50.1 cm³/mol. The molecule has 0 atom stereocenters. The number of hydrogen-bond acceptors (Lipinski definition) is 3. The minimum Gasteiger partial charge on any atom is -0.496 e. The largest absolute Gasteiger partial charge is 0.496 e. The molecule has 66 valence electrons. The van der Waals surface area contributed by atoms with E-state index in [0.29, 0.717) is 0 Å². The molecule has 0 aliphatic carbocycles. The van der Waals surface area contributed by atoms with Crippen LogP contribution in [0, 0.1) is 0 Å². The monoisotopic (exact) mass is 175 g/mol. The van der Waals surface area contributed by atoms with E-state index in [9.17, 15) is 4.79 Å². The van der Waals surface area contributed by atoms with Gasteiger partial charge in [-0.05, 0) is 12.1 Å². The zero-order chi connectivity index (χ0) is 9.52. The van der Waals surface area contributed by atoms with Gasteiger partial charge in [0, 0.05) is 11.8 Å². The van der Waals surface area contributed by atoms with Crippen LogP contribution in [0.4, 0.5) is 0 Å². The van der Waals surface area contributed by atoms with E-state index < -0.39 is 0 Å². The smallest absolute Gasteiger partial charge is 0.239 e. The first kappa shape index (κ1) is 9.23. The van der Waals surface area contributed by atoms with Crippen molar-refractivity contribution in [2.75, 3.05) is 7.11 Å². The topological polar surface area (TPSA) is 38.7 Å². The zero-order valence-electron chi connectivity index (χ0n) is 7.23. The van der Waals surface area contributed by atoms with Crippen LogP contribution in [0.5, 0.6) is 5.75 Å². The highest BCUT2D eigenvalue weighted by Gasteiger charge is 1.94. The van der Waals surface area contributed by atoms with Crippen molar-refractivity contribution in [2.45, 2.75) is 0 Å². The molecule has 3 nitrogen and oxygen atoms in total. The average Bonchev–Trinajstić information content (AvgIpc) is 2.19. The number of para-hydroxylation sites is 1. The molecule has 3 heteroatoms. The summed E-state index contributed by atoms with van der Waals surface area (Å²) in [7, 11) is 1.59. The highest BCUT2D eigenvalue weighted by Crippen LogP contribution is 2.18. The summed E-state index contributed by atoms with van der Waals surface area (Å²) in [5, 5.41) is 0. The summed E-state index contributed by atoms with van der Waals surface area (Å²) in [6, 6.07) is 7.46. The summed E-state index contributed by atoms with van der Waals surface area (Å²) in [5.74, 6) is 0.750. The highest BCUT2D eigenvalue weighted by atomic mass is 16.5. The summed E-state index contributed by atoms with van der Waals surface area (Å²) in [6.45, 7) is 0. The average molecular weight is 175 g/mol. The maximum Gasteiger partial charge on any atom is 0.239 e. The Kier molecular flexibility index (Phi) is 3.48. The molecule has 0 unspecified atom stereocenters. The van der Waals surface area contributed by atoms with Crippen LogP contribution in [0.15, 0.2) is 35.5 Å². The lowest BCUT2D eigenvalue weighted by molar-refractivity contribution is 0.414. The highest BCUT2D eigenvalue weighted by molar-refractivity contribution is 5.57. The normalized spacial score (nSPS) is 9.62. The van der Waals surface area contributed by atoms with Crippen LogP contribution in [0.1, 0.15) is 5.56 Å². The standard InChI is InChI=1S/C10H9NO2/c1-13-10-5-3-2-4-9(10)6-7-11-8-12/h2-7H,1H3. The fraction of sp³-hybridized carbons (Fsp3) is 0.100. The number of hydrogen-bond donors (Lipinski definition) is 0. The molecule has 0 fully saturated rings. The molecular weight excluding hydrogens is 166 g/mol. The van der Waals surface area contributed by atoms with Crippen LogP contribution in [-0.2, 0) is 4.79 Å². The number of nitrogens with zero attached hydrogens (tertiary/aromatic N) is 1. The number of ether oxygens (including phenoxy) is 1. The molecule has 13 heavy (non-hydrogen) atoms. The van der Waals surface area contributed by atoms with Crippen molar-refractivity contribution in [3.8, 4) is 5.75 Å². The van der Waals surface area contributed by atoms with Crippen LogP contribution in [0.3, 0.4) is 0 Å². The van der Waals surface area contributed by atoms with E-state index in [0.717, 1.165) is 11.3 Å². The molecule has 0 saturated heterocycles. The Morgan fingerprint density at radius 2 is 2.23 bits per heavy atom. The van der Waals surface area contributed by atoms with Gasteiger partial charge in [-0.1, -0.05) is 18.2 Å². The Labute approximate surface area is 76.4 Å². The van der Waals surface area contributed by atoms with Crippen molar-refractivity contribution >= 4 is 12.2 Å². The maximum atomic E-state index is 9.78. The fourth-order valence-electron chi connectivity index (χ4n) is 0.952. The Morgan fingerprint density at radius 1 is 1.46 bits per heavy atom. The molecular formula is C10H9NO2. The van der Waals surface area contributed by atoms with Crippen molar-refractivity contribution in [3.05, 3.63) is 36.0 Å². The summed E-state index contributed by atoms with van der Waals surface area (Å²) in [4.78, 5) is 13.1. The van der Waals surface area contributed by atoms with Crippen LogP contribution in [0.25, 0.3) is 6.08 Å². The molecule has 0 heterocycles. The number of rotatable bonds is 3. The lowest BCUT2D eigenvalue weighted by Gasteiger charge is -2.01. The van der Waals surface area contributed by atoms with E-state index in [2.05, 4.69) is 4.99 Å². The SMILES string of the molecule is COc1ccccc1C=CN=C=O. The molecule has 0 saturated carbocycles. The van der Waals surface area contributed by atoms with E-state index in [4.69, 9.17) is 4.74 Å². The van der Waals surface area contributed by atoms with Gasteiger partial charge in [-0.15, -0.1) is 0 Å². The van der Waals surface area contributed by atoms with Crippen LogP contribution in [0.2, 0.25) is 0 Å². The maximum absolute atomic E-state index is 9.78. The number of benzene rings is 1. The first-order chi connectivity index (χ1) is 6.38. The van der Waals surface area contributed by atoms with Gasteiger partial charge in [-0.3, -0.25) is 0 Å². The van der Waals surface area contributed by atoms with Gasteiger partial charge in [-0.25, -0.2) is 4.79 Å². The molecule has 0 radical (unpaired) electrons. The third-order valence-electron chi connectivity index (χ3n) is 1.52. The van der Waals surface area contributed by atoms with Crippen molar-refractivity contribution in [1.29, 1.82) is 0 Å². The molecule has 1 rings (SSSR count). The second-order valence-electron chi connectivity index (χ2n) is 2.28. The molecule has 1 aromatic carbocycles.